The van der Waals surface area contributed by atoms with Gasteiger partial charge in [0.1, 0.15) is 36.6 Å². The second-order valence-electron chi connectivity index (χ2n) is 8.19. The highest BCUT2D eigenvalue weighted by molar-refractivity contribution is 7.59. The Labute approximate surface area is 216 Å². The van der Waals surface area contributed by atoms with Gasteiger partial charge < -0.3 is 49.5 Å². The van der Waals surface area contributed by atoms with Crippen LogP contribution in [0.2, 0.25) is 0 Å². The third-order valence-electron chi connectivity index (χ3n) is 5.36. The van der Waals surface area contributed by atoms with E-state index in [9.17, 15) is 58.5 Å². The fraction of sp³-hybridized carbons (Fsp3) is 0.647. The highest BCUT2D eigenvalue weighted by atomic mass is 31.3. The van der Waals surface area contributed by atoms with Gasteiger partial charge in [-0.05, 0) is 0 Å². The molecule has 2 fully saturated rings. The first-order valence-electron chi connectivity index (χ1n) is 10.8. The number of carbonyl (C=O) groups excluding carboxylic acids is 2. The highest BCUT2D eigenvalue weighted by Crippen LogP contribution is 2.56. The molecule has 2 saturated heterocycles. The van der Waals surface area contributed by atoms with Crippen LogP contribution in [0.3, 0.4) is 0 Å². The van der Waals surface area contributed by atoms with Crippen LogP contribution in [0.15, 0.2) is 21.9 Å². The molecule has 20 nitrogen and oxygen atoms in total. The number of Topliss-reactive ketones (excluding diaryl/α,β-unsaturated/α-hetero) is 1. The van der Waals surface area contributed by atoms with E-state index >= 15 is 0 Å². The molecule has 1 aromatic heterocycles. The van der Waals surface area contributed by atoms with Crippen molar-refractivity contribution in [3.63, 3.8) is 0 Å². The Hall–Kier alpha value is -2.16. The maximum absolute atomic E-state index is 12.3. The van der Waals surface area contributed by atoms with Gasteiger partial charge in [-0.1, -0.05) is 0 Å². The summed E-state index contributed by atoms with van der Waals surface area (Å²) in [5.74, 6) is -2.11. The summed E-state index contributed by atoms with van der Waals surface area (Å²) in [6, 6.07) is -1.04. The summed E-state index contributed by atoms with van der Waals surface area (Å²) in [5.41, 5.74) is -1.80. The molecule has 0 saturated carbocycles. The molecule has 39 heavy (non-hydrogen) atoms. The van der Waals surface area contributed by atoms with Crippen molar-refractivity contribution in [2.75, 3.05) is 13.2 Å². The smallest absolute Gasteiger partial charge is 0.330 e. The number of aliphatic hydroxyl groups is 4. The average molecular weight is 603 g/mol. The largest absolute Gasteiger partial charge is 0.756 e. The molecular weight excluding hydrogens is 580 g/mol. The summed E-state index contributed by atoms with van der Waals surface area (Å²) in [5, 5.41) is 41.3. The van der Waals surface area contributed by atoms with E-state index in [4.69, 9.17) is 9.47 Å². The van der Waals surface area contributed by atoms with E-state index in [1.54, 1.807) is 0 Å². The first kappa shape index (κ1) is 31.4. The van der Waals surface area contributed by atoms with Crippen molar-refractivity contribution in [1.29, 1.82) is 0 Å². The van der Waals surface area contributed by atoms with E-state index in [0.29, 0.717) is 4.57 Å². The molecule has 0 radical (unpaired) electrons. The molecule has 0 aliphatic carbocycles. The number of rotatable bonds is 10. The lowest BCUT2D eigenvalue weighted by Crippen LogP contribution is -2.62. The summed E-state index contributed by atoms with van der Waals surface area (Å²) in [6.45, 7) is -1.20. The minimum absolute atomic E-state index is 0.690. The van der Waals surface area contributed by atoms with Crippen LogP contribution in [-0.4, -0.2) is 97.7 Å². The number of H-pyrrole nitrogens is 1. The van der Waals surface area contributed by atoms with Gasteiger partial charge in [0.15, 0.2) is 18.3 Å². The number of hydrogen-bond acceptors (Lipinski definition) is 17. The standard InChI is InChI=1S/C17H25N3O17P2/c1-6(22)18-10-13(26)11(24)7(4-21)35-16(10)36-39(31,32)37-38(29,30)33-5-8-12(25)14(27)15(34-8)20-3-2-9(23)19-17(20)28/h2-3,7-8,10-12,14-16,21,24-25,27H,4-5H2,1H3,(H,18,22)(H,29,30)(H,31,32)(H,19,23,28)/p-2/t7-,8-,10-,11-,12-,14-,15-,16-/m1/s1. The molecule has 220 valence electrons. The first-order chi connectivity index (χ1) is 18.0. The Balaban J connectivity index is 1.66. The van der Waals surface area contributed by atoms with Gasteiger partial charge >= 0.3 is 5.69 Å². The maximum Gasteiger partial charge on any atom is 0.330 e. The number of amides is 1. The zero-order valence-corrected chi connectivity index (χ0v) is 21.4. The van der Waals surface area contributed by atoms with Gasteiger partial charge in [-0.15, -0.1) is 0 Å². The van der Waals surface area contributed by atoms with Gasteiger partial charge in [-0.25, -0.2) is 9.11 Å². The molecule has 0 aromatic carbocycles. The number of nitrogens with zero attached hydrogens (tertiary/aromatic N) is 1. The second-order valence-corrected chi connectivity index (χ2v) is 11.1. The van der Waals surface area contributed by atoms with Crippen LogP contribution in [0, 0.1) is 0 Å². The molecule has 1 aromatic rings. The summed E-state index contributed by atoms with van der Waals surface area (Å²) in [6.07, 6.45) is -11.9. The number of aromatic amines is 1. The van der Waals surface area contributed by atoms with Gasteiger partial charge in [0.25, 0.3) is 21.2 Å². The molecule has 22 heteroatoms. The SMILES string of the molecule is CC(=O)N[C@@H]1C(=O)[C@H](O)[C@@H](CO)O[C@@H]1OP(=O)([O-])OP(=O)([O-])OC[C@H]1O[C@@H](n2ccc(=O)[nH]c2=O)[C@H](O)[C@@H]1O. The van der Waals surface area contributed by atoms with E-state index in [1.165, 1.54) is 0 Å². The number of hydrogen-bond donors (Lipinski definition) is 6. The van der Waals surface area contributed by atoms with Crippen molar-refractivity contribution in [2.24, 2.45) is 0 Å². The summed E-state index contributed by atoms with van der Waals surface area (Å²) in [7, 11) is -11.8. The van der Waals surface area contributed by atoms with Crippen LogP contribution >= 0.6 is 15.6 Å². The molecule has 2 unspecified atom stereocenters. The fourth-order valence-corrected chi connectivity index (χ4v) is 5.67. The quantitative estimate of drug-likeness (QED) is 0.136. The van der Waals surface area contributed by atoms with Gasteiger partial charge in [0.2, 0.25) is 5.91 Å². The number of phosphoric acid groups is 2. The highest BCUT2D eigenvalue weighted by Gasteiger charge is 2.47. The topological polar surface area (TPSA) is 308 Å². The number of aliphatic hydroxyl groups excluding tert-OH is 4. The Bertz CT molecular complexity index is 1280. The number of carbonyl (C=O) groups is 2. The van der Waals surface area contributed by atoms with Gasteiger partial charge in [-0.3, -0.25) is 37.6 Å². The Kier molecular flexibility index (Phi) is 9.77. The number of phosphoric ester groups is 2. The number of ketones is 1. The molecule has 1 amide bonds. The van der Waals surface area contributed by atoms with E-state index in [1.807, 2.05) is 10.3 Å². The van der Waals surface area contributed by atoms with Crippen LogP contribution in [0.1, 0.15) is 13.2 Å². The van der Waals surface area contributed by atoms with Crippen molar-refractivity contribution in [2.45, 2.75) is 56.0 Å². The molecule has 2 aliphatic rings. The van der Waals surface area contributed by atoms with Gasteiger partial charge in [0.05, 0.1) is 13.2 Å². The number of ether oxygens (including phenoxy) is 2. The molecule has 3 rings (SSSR count). The van der Waals surface area contributed by atoms with Crippen molar-refractivity contribution < 1.29 is 71.8 Å². The maximum atomic E-state index is 12.3. The van der Waals surface area contributed by atoms with Gasteiger partial charge in [-0.2, -0.15) is 0 Å². The third kappa shape index (κ3) is 7.53. The Morgan fingerprint density at radius 3 is 2.38 bits per heavy atom. The molecule has 2 aliphatic heterocycles. The predicted octanol–water partition coefficient (Wildman–Crippen LogP) is -5.71. The van der Waals surface area contributed by atoms with Crippen molar-refractivity contribution in [3.8, 4) is 0 Å². The van der Waals surface area contributed by atoms with E-state index in [-0.39, 0.29) is 0 Å². The van der Waals surface area contributed by atoms with Crippen LogP contribution in [0.4, 0.5) is 0 Å². The lowest BCUT2D eigenvalue weighted by molar-refractivity contribution is -0.268. The average Bonchev–Trinajstić information content (AvgIpc) is 3.10. The van der Waals surface area contributed by atoms with E-state index in [0.717, 1.165) is 19.2 Å². The van der Waals surface area contributed by atoms with Gasteiger partial charge in [0, 0.05) is 19.2 Å². The second kappa shape index (κ2) is 12.1. The molecule has 0 spiro atoms. The third-order valence-corrected chi connectivity index (χ3v) is 7.89. The Morgan fingerprint density at radius 2 is 1.79 bits per heavy atom. The molecule has 6 N–H and O–H groups in total. The lowest BCUT2D eigenvalue weighted by atomic mass is 9.99. The summed E-state index contributed by atoms with van der Waals surface area (Å²) in [4.78, 5) is 73.1. The number of nitrogens with one attached hydrogen (secondary N) is 2. The fourth-order valence-electron chi connectivity index (χ4n) is 3.59. The van der Waals surface area contributed by atoms with Crippen molar-refractivity contribution in [3.05, 3.63) is 33.1 Å². The molecule has 3 heterocycles. The van der Waals surface area contributed by atoms with E-state index < -0.39 is 101 Å². The van der Waals surface area contributed by atoms with Crippen molar-refractivity contribution in [1.82, 2.24) is 14.9 Å². The number of aromatic nitrogens is 2. The van der Waals surface area contributed by atoms with Crippen LogP contribution < -0.4 is 26.4 Å². The normalized spacial score (nSPS) is 34.3. The monoisotopic (exact) mass is 603 g/mol. The zero-order valence-electron chi connectivity index (χ0n) is 19.6. The molecule has 10 atom stereocenters. The first-order valence-corrected chi connectivity index (χ1v) is 13.7. The minimum atomic E-state index is -5.98. The lowest BCUT2D eigenvalue weighted by Gasteiger charge is -2.40. The summed E-state index contributed by atoms with van der Waals surface area (Å²) >= 11 is 0. The molecular formula is C17H23N3O17P2-2. The molecule has 0 bridgehead atoms. The summed E-state index contributed by atoms with van der Waals surface area (Å²) < 4.78 is 48.0. The predicted molar refractivity (Wildman–Crippen MR) is 115 cm³/mol. The van der Waals surface area contributed by atoms with Crippen LogP contribution in [0.5, 0.6) is 0 Å². The van der Waals surface area contributed by atoms with Crippen LogP contribution in [0.25, 0.3) is 0 Å². The zero-order chi connectivity index (χ0) is 29.3. The Morgan fingerprint density at radius 1 is 1.13 bits per heavy atom. The minimum Gasteiger partial charge on any atom is -0.756 e. The van der Waals surface area contributed by atoms with Crippen LogP contribution in [-0.2, 0) is 41.6 Å². The van der Waals surface area contributed by atoms with Crippen molar-refractivity contribution >= 4 is 27.3 Å². The van der Waals surface area contributed by atoms with E-state index in [2.05, 4.69) is 13.4 Å².